The Balaban J connectivity index is 2.36. The topological polar surface area (TPSA) is 61.6 Å². The number of aromatic nitrogens is 2. The van der Waals surface area contributed by atoms with Crippen molar-refractivity contribution in [1.29, 1.82) is 5.26 Å². The second kappa shape index (κ2) is 5.68. The molecule has 0 amide bonds. The highest BCUT2D eigenvalue weighted by Gasteiger charge is 2.08. The Morgan fingerprint density at radius 1 is 1.26 bits per heavy atom. The van der Waals surface area contributed by atoms with Gasteiger partial charge in [0, 0.05) is 12.0 Å². The van der Waals surface area contributed by atoms with E-state index >= 15 is 0 Å². The standard InChI is InChI=1S/C14H13ClN4/c1-9(2)14-18-12(15)7-13(19-14)17-11-6-4-3-5-10(11)8-16/h3-7,9H,1-2H3,(H,17,18,19). The molecule has 0 saturated carbocycles. The van der Waals surface area contributed by atoms with Crippen LogP contribution >= 0.6 is 11.6 Å². The molecule has 0 saturated heterocycles. The first-order chi connectivity index (χ1) is 9.10. The molecule has 0 aliphatic rings. The minimum atomic E-state index is 0.186. The van der Waals surface area contributed by atoms with E-state index < -0.39 is 0 Å². The third-order valence-corrected chi connectivity index (χ3v) is 2.73. The lowest BCUT2D eigenvalue weighted by atomic mass is 10.2. The number of halogens is 1. The Hall–Kier alpha value is -2.12. The van der Waals surface area contributed by atoms with Crippen molar-refractivity contribution in [3.05, 3.63) is 46.9 Å². The Labute approximate surface area is 117 Å². The molecule has 4 nitrogen and oxygen atoms in total. The highest BCUT2D eigenvalue weighted by molar-refractivity contribution is 6.29. The van der Waals surface area contributed by atoms with Crippen LogP contribution in [0.5, 0.6) is 0 Å². The first-order valence-corrected chi connectivity index (χ1v) is 6.28. The summed E-state index contributed by atoms with van der Waals surface area (Å²) in [6.45, 7) is 4.00. The number of rotatable bonds is 3. The van der Waals surface area contributed by atoms with E-state index in [1.807, 2.05) is 32.0 Å². The lowest BCUT2D eigenvalue weighted by Crippen LogP contribution is -2.02. The highest BCUT2D eigenvalue weighted by Crippen LogP contribution is 2.22. The van der Waals surface area contributed by atoms with Crippen molar-refractivity contribution >= 4 is 23.1 Å². The maximum atomic E-state index is 9.05. The van der Waals surface area contributed by atoms with E-state index in [1.165, 1.54) is 0 Å². The highest BCUT2D eigenvalue weighted by atomic mass is 35.5. The lowest BCUT2D eigenvalue weighted by molar-refractivity contribution is 0.776. The van der Waals surface area contributed by atoms with Crippen molar-refractivity contribution in [2.45, 2.75) is 19.8 Å². The first-order valence-electron chi connectivity index (χ1n) is 5.91. The average Bonchev–Trinajstić information content (AvgIpc) is 2.38. The van der Waals surface area contributed by atoms with Gasteiger partial charge in [0.15, 0.2) is 0 Å². The Bertz CT molecular complexity index is 632. The van der Waals surface area contributed by atoms with Gasteiger partial charge in [0.25, 0.3) is 0 Å². The number of para-hydroxylation sites is 1. The summed E-state index contributed by atoms with van der Waals surface area (Å²) in [7, 11) is 0. The molecule has 1 N–H and O–H groups in total. The van der Waals surface area contributed by atoms with Gasteiger partial charge in [0.05, 0.1) is 11.3 Å². The second-order valence-corrected chi connectivity index (χ2v) is 4.76. The van der Waals surface area contributed by atoms with Crippen molar-refractivity contribution in [3.63, 3.8) is 0 Å². The summed E-state index contributed by atoms with van der Waals surface area (Å²) in [5.41, 5.74) is 1.26. The van der Waals surface area contributed by atoms with Crippen LogP contribution < -0.4 is 5.32 Å². The van der Waals surface area contributed by atoms with Crippen molar-refractivity contribution in [2.24, 2.45) is 0 Å². The van der Waals surface area contributed by atoms with Gasteiger partial charge in [-0.3, -0.25) is 0 Å². The van der Waals surface area contributed by atoms with E-state index in [2.05, 4.69) is 21.4 Å². The molecule has 2 rings (SSSR count). The molecular weight excluding hydrogens is 260 g/mol. The zero-order valence-electron chi connectivity index (χ0n) is 10.7. The van der Waals surface area contributed by atoms with Crippen LogP contribution in [-0.2, 0) is 0 Å². The SMILES string of the molecule is CC(C)c1nc(Cl)cc(Nc2ccccc2C#N)n1. The van der Waals surface area contributed by atoms with Gasteiger partial charge in [-0.2, -0.15) is 5.26 Å². The minimum absolute atomic E-state index is 0.186. The van der Waals surface area contributed by atoms with Gasteiger partial charge in [0.1, 0.15) is 22.9 Å². The van der Waals surface area contributed by atoms with E-state index in [1.54, 1.807) is 12.1 Å². The molecule has 1 aromatic heterocycles. The monoisotopic (exact) mass is 272 g/mol. The summed E-state index contributed by atoms with van der Waals surface area (Å²) in [6.07, 6.45) is 0. The van der Waals surface area contributed by atoms with Crippen LogP contribution in [0.4, 0.5) is 11.5 Å². The van der Waals surface area contributed by atoms with E-state index in [-0.39, 0.29) is 5.92 Å². The fourth-order valence-corrected chi connectivity index (χ4v) is 1.77. The van der Waals surface area contributed by atoms with Crippen LogP contribution in [0, 0.1) is 11.3 Å². The third-order valence-electron chi connectivity index (χ3n) is 2.54. The summed E-state index contributed by atoms with van der Waals surface area (Å²) in [6, 6.07) is 11.0. The molecule has 0 aliphatic carbocycles. The van der Waals surface area contributed by atoms with Crippen LogP contribution in [0.3, 0.4) is 0 Å². The zero-order valence-corrected chi connectivity index (χ0v) is 11.4. The second-order valence-electron chi connectivity index (χ2n) is 4.37. The number of nitrogens with zero attached hydrogens (tertiary/aromatic N) is 3. The summed E-state index contributed by atoms with van der Waals surface area (Å²) in [5.74, 6) is 1.45. The predicted octanol–water partition coefficient (Wildman–Crippen LogP) is 3.87. The van der Waals surface area contributed by atoms with Gasteiger partial charge in [-0.25, -0.2) is 9.97 Å². The van der Waals surface area contributed by atoms with Crippen molar-refractivity contribution < 1.29 is 0 Å². The first kappa shape index (κ1) is 13.3. The van der Waals surface area contributed by atoms with Gasteiger partial charge in [-0.1, -0.05) is 37.6 Å². The van der Waals surface area contributed by atoms with Crippen molar-refractivity contribution in [2.75, 3.05) is 5.32 Å². The van der Waals surface area contributed by atoms with Gasteiger partial charge < -0.3 is 5.32 Å². The lowest BCUT2D eigenvalue weighted by Gasteiger charge is -2.10. The quantitative estimate of drug-likeness (QED) is 0.862. The van der Waals surface area contributed by atoms with Crippen molar-refractivity contribution in [1.82, 2.24) is 9.97 Å². The molecule has 0 aliphatic heterocycles. The van der Waals surface area contributed by atoms with Gasteiger partial charge >= 0.3 is 0 Å². The number of nitrogens with one attached hydrogen (secondary N) is 1. The van der Waals surface area contributed by atoms with Crippen LogP contribution in [0.15, 0.2) is 30.3 Å². The Morgan fingerprint density at radius 2 is 2.00 bits per heavy atom. The normalized spacial score (nSPS) is 10.3. The van der Waals surface area contributed by atoms with Crippen LogP contribution in [0.25, 0.3) is 0 Å². The van der Waals surface area contributed by atoms with E-state index in [4.69, 9.17) is 16.9 Å². The number of hydrogen-bond donors (Lipinski definition) is 1. The molecule has 5 heteroatoms. The van der Waals surface area contributed by atoms with E-state index in [0.29, 0.717) is 28.0 Å². The van der Waals surface area contributed by atoms with Crippen molar-refractivity contribution in [3.8, 4) is 6.07 Å². The molecule has 19 heavy (non-hydrogen) atoms. The molecule has 0 unspecified atom stereocenters. The van der Waals surface area contributed by atoms with E-state index in [9.17, 15) is 0 Å². The summed E-state index contributed by atoms with van der Waals surface area (Å²) in [5, 5.41) is 12.5. The third kappa shape index (κ3) is 3.21. The minimum Gasteiger partial charge on any atom is -0.339 e. The zero-order chi connectivity index (χ0) is 13.8. The van der Waals surface area contributed by atoms with Crippen LogP contribution in [-0.4, -0.2) is 9.97 Å². The molecule has 1 aromatic carbocycles. The molecule has 1 heterocycles. The molecule has 0 spiro atoms. The maximum Gasteiger partial charge on any atom is 0.135 e. The molecule has 96 valence electrons. The molecule has 2 aromatic rings. The fourth-order valence-electron chi connectivity index (χ4n) is 1.59. The molecular formula is C14H13ClN4. The number of anilines is 2. The average molecular weight is 273 g/mol. The largest absolute Gasteiger partial charge is 0.339 e. The Kier molecular flexibility index (Phi) is 3.98. The molecule has 0 atom stereocenters. The summed E-state index contributed by atoms with van der Waals surface area (Å²) >= 11 is 5.98. The summed E-state index contributed by atoms with van der Waals surface area (Å²) < 4.78 is 0. The smallest absolute Gasteiger partial charge is 0.135 e. The maximum absolute atomic E-state index is 9.05. The van der Waals surface area contributed by atoms with Gasteiger partial charge in [0.2, 0.25) is 0 Å². The van der Waals surface area contributed by atoms with Crippen LogP contribution in [0.2, 0.25) is 5.15 Å². The molecule has 0 bridgehead atoms. The fraction of sp³-hybridized carbons (Fsp3) is 0.214. The number of benzene rings is 1. The Morgan fingerprint density at radius 3 is 2.68 bits per heavy atom. The number of hydrogen-bond acceptors (Lipinski definition) is 4. The van der Waals surface area contributed by atoms with Gasteiger partial charge in [-0.05, 0) is 12.1 Å². The summed E-state index contributed by atoms with van der Waals surface area (Å²) in [4.78, 5) is 8.55. The van der Waals surface area contributed by atoms with Gasteiger partial charge in [-0.15, -0.1) is 0 Å². The van der Waals surface area contributed by atoms with Crippen LogP contribution in [0.1, 0.15) is 31.2 Å². The number of nitriles is 1. The molecule has 0 fully saturated rings. The predicted molar refractivity (Wildman–Crippen MR) is 75.6 cm³/mol. The molecule has 0 radical (unpaired) electrons. The van der Waals surface area contributed by atoms with E-state index in [0.717, 1.165) is 0 Å².